The number of hydrogen-bond donors (Lipinski definition) is 2. The number of piperidine rings is 1. The predicted molar refractivity (Wildman–Crippen MR) is 141 cm³/mol. The van der Waals surface area contributed by atoms with Gasteiger partial charge in [-0.3, -0.25) is 4.99 Å². The van der Waals surface area contributed by atoms with Crippen molar-refractivity contribution in [2.75, 3.05) is 32.0 Å². The monoisotopic (exact) mass is 449 g/mol. The maximum atomic E-state index is 5.02. The lowest BCUT2D eigenvalue weighted by Gasteiger charge is -2.23. The lowest BCUT2D eigenvalue weighted by Crippen LogP contribution is -2.30. The predicted octanol–water partition coefficient (Wildman–Crippen LogP) is 5.33. The quantitative estimate of drug-likeness (QED) is 0.601. The zero-order valence-electron chi connectivity index (χ0n) is 21.8. The minimum absolute atomic E-state index is 0.159. The van der Waals surface area contributed by atoms with Gasteiger partial charge in [-0.1, -0.05) is 32.9 Å². The highest BCUT2D eigenvalue weighted by Gasteiger charge is 2.17. The van der Waals surface area contributed by atoms with Gasteiger partial charge in [0, 0.05) is 37.5 Å². The summed E-state index contributed by atoms with van der Waals surface area (Å²) in [6.45, 7) is 17.3. The smallest absolute Gasteiger partial charge is 0.130 e. The second-order valence-corrected chi connectivity index (χ2v) is 10.6. The number of nitrogens with one attached hydrogen (secondary N) is 2. The highest BCUT2D eigenvalue weighted by molar-refractivity contribution is 5.81. The van der Waals surface area contributed by atoms with Gasteiger partial charge >= 0.3 is 0 Å². The van der Waals surface area contributed by atoms with Crippen LogP contribution in [0.5, 0.6) is 0 Å². The van der Waals surface area contributed by atoms with Crippen molar-refractivity contribution in [3.63, 3.8) is 0 Å². The second-order valence-electron chi connectivity index (χ2n) is 10.6. The van der Waals surface area contributed by atoms with E-state index in [0.717, 1.165) is 54.7 Å². The van der Waals surface area contributed by atoms with Crippen LogP contribution in [-0.2, 0) is 6.54 Å². The zero-order chi connectivity index (χ0) is 24.0. The van der Waals surface area contributed by atoms with E-state index in [0.29, 0.717) is 0 Å². The minimum atomic E-state index is 0.159. The molecule has 5 nitrogen and oxygen atoms in total. The number of rotatable bonds is 7. The fourth-order valence-electron chi connectivity index (χ4n) is 4.68. The third-order valence-corrected chi connectivity index (χ3v) is 6.51. The summed E-state index contributed by atoms with van der Waals surface area (Å²) < 4.78 is 2.22. The average molecular weight is 450 g/mol. The van der Waals surface area contributed by atoms with Gasteiger partial charge in [-0.05, 0) is 87.7 Å². The Balaban J connectivity index is 1.85. The highest BCUT2D eigenvalue weighted by Crippen LogP contribution is 2.28. The first-order chi connectivity index (χ1) is 15.7. The van der Waals surface area contributed by atoms with E-state index in [2.05, 4.69) is 92.1 Å². The molecule has 33 heavy (non-hydrogen) atoms. The van der Waals surface area contributed by atoms with Crippen LogP contribution < -0.4 is 16.1 Å². The molecule has 0 spiro atoms. The molecule has 2 heterocycles. The molecule has 0 atom stereocenters. The number of anilines is 1. The van der Waals surface area contributed by atoms with Crippen molar-refractivity contribution in [1.82, 2.24) is 14.9 Å². The summed E-state index contributed by atoms with van der Waals surface area (Å²) >= 11 is 0. The van der Waals surface area contributed by atoms with Crippen LogP contribution in [0.1, 0.15) is 69.6 Å². The summed E-state index contributed by atoms with van der Waals surface area (Å²) in [5, 5.41) is 7.12. The van der Waals surface area contributed by atoms with E-state index >= 15 is 0 Å². The molecule has 180 valence electrons. The first-order valence-electron chi connectivity index (χ1n) is 12.5. The van der Waals surface area contributed by atoms with E-state index in [9.17, 15) is 0 Å². The summed E-state index contributed by atoms with van der Waals surface area (Å²) in [6, 6.07) is 8.82. The minimum Gasteiger partial charge on any atom is -0.385 e. The standard InChI is InChI=1S/C28H43N5/c1-8-24(26-18-27(29-7)33(21(3)32-26)19-28(4,5)6)25-17-23(10-9-20(25)2)31-16-13-22-11-14-30-15-12-22/h8-10,17-18,22,30-31H,11-16,19H2,1-7H3/b24-8+,29-27?. The van der Waals surface area contributed by atoms with Crippen LogP contribution in [0, 0.1) is 25.2 Å². The lowest BCUT2D eigenvalue weighted by molar-refractivity contribution is 0.330. The Morgan fingerprint density at radius 1 is 1.21 bits per heavy atom. The van der Waals surface area contributed by atoms with E-state index < -0.39 is 0 Å². The molecule has 1 aromatic carbocycles. The SMILES string of the molecule is C/C=C(/c1cc(=NC)n(CC(C)(C)C)c(C)n1)c1cc(NCCC2CCNCC2)ccc1C. The van der Waals surface area contributed by atoms with Crippen molar-refractivity contribution in [3.8, 4) is 0 Å². The van der Waals surface area contributed by atoms with Crippen LogP contribution in [-0.4, -0.2) is 36.2 Å². The Bertz CT molecular complexity index is 1030. The van der Waals surface area contributed by atoms with Crippen LogP contribution in [0.15, 0.2) is 35.3 Å². The summed E-state index contributed by atoms with van der Waals surface area (Å²) in [5.74, 6) is 1.83. The Morgan fingerprint density at radius 2 is 1.94 bits per heavy atom. The van der Waals surface area contributed by atoms with Crippen LogP contribution in [0.3, 0.4) is 0 Å². The van der Waals surface area contributed by atoms with Crippen molar-refractivity contribution in [1.29, 1.82) is 0 Å². The van der Waals surface area contributed by atoms with Gasteiger partial charge in [0.05, 0.1) is 5.69 Å². The van der Waals surface area contributed by atoms with E-state index in [1.807, 2.05) is 7.05 Å². The second kappa shape index (κ2) is 11.1. The third kappa shape index (κ3) is 6.80. The molecule has 1 aliphatic rings. The molecule has 1 aliphatic heterocycles. The van der Waals surface area contributed by atoms with Crippen LogP contribution in [0.25, 0.3) is 5.57 Å². The van der Waals surface area contributed by atoms with Gasteiger partial charge in [0.1, 0.15) is 11.3 Å². The van der Waals surface area contributed by atoms with Gasteiger partial charge in [0.15, 0.2) is 0 Å². The first kappa shape index (κ1) is 25.2. The summed E-state index contributed by atoms with van der Waals surface area (Å²) in [7, 11) is 1.87. The Kier molecular flexibility index (Phi) is 8.52. The van der Waals surface area contributed by atoms with Crippen LogP contribution >= 0.6 is 0 Å². The molecule has 2 N–H and O–H groups in total. The molecule has 0 saturated carbocycles. The molecule has 0 radical (unpaired) electrons. The normalized spacial score (nSPS) is 16.3. The summed E-state index contributed by atoms with van der Waals surface area (Å²) in [4.78, 5) is 9.61. The number of aryl methyl sites for hydroxylation is 2. The molecular weight excluding hydrogens is 406 g/mol. The largest absolute Gasteiger partial charge is 0.385 e. The maximum absolute atomic E-state index is 5.02. The fraction of sp³-hybridized carbons (Fsp3) is 0.571. The number of aromatic nitrogens is 2. The van der Waals surface area contributed by atoms with Gasteiger partial charge in [0.2, 0.25) is 0 Å². The van der Waals surface area contributed by atoms with Crippen LogP contribution in [0.2, 0.25) is 0 Å². The van der Waals surface area contributed by atoms with E-state index in [-0.39, 0.29) is 5.41 Å². The highest BCUT2D eigenvalue weighted by atomic mass is 15.1. The van der Waals surface area contributed by atoms with Gasteiger partial charge in [-0.25, -0.2) is 4.98 Å². The van der Waals surface area contributed by atoms with Crippen molar-refractivity contribution < 1.29 is 0 Å². The van der Waals surface area contributed by atoms with E-state index in [1.54, 1.807) is 0 Å². The molecule has 0 aliphatic carbocycles. The Morgan fingerprint density at radius 3 is 2.58 bits per heavy atom. The molecule has 1 aromatic heterocycles. The average Bonchev–Trinajstić information content (AvgIpc) is 2.77. The number of nitrogens with zero attached hydrogens (tertiary/aromatic N) is 3. The fourth-order valence-corrected chi connectivity index (χ4v) is 4.68. The van der Waals surface area contributed by atoms with E-state index in [1.165, 1.54) is 36.1 Å². The van der Waals surface area contributed by atoms with Crippen molar-refractivity contribution in [2.45, 2.75) is 67.3 Å². The van der Waals surface area contributed by atoms with Gasteiger partial charge in [0.25, 0.3) is 0 Å². The Hall–Kier alpha value is -2.40. The molecule has 1 saturated heterocycles. The summed E-state index contributed by atoms with van der Waals surface area (Å²) in [6.07, 6.45) is 6.00. The maximum Gasteiger partial charge on any atom is 0.130 e. The zero-order valence-corrected chi connectivity index (χ0v) is 21.8. The number of allylic oxidation sites excluding steroid dienone is 1. The van der Waals surface area contributed by atoms with Gasteiger partial charge < -0.3 is 15.2 Å². The van der Waals surface area contributed by atoms with Crippen molar-refractivity contribution in [3.05, 3.63) is 58.5 Å². The van der Waals surface area contributed by atoms with Gasteiger partial charge in [-0.15, -0.1) is 0 Å². The van der Waals surface area contributed by atoms with Crippen molar-refractivity contribution in [2.24, 2.45) is 16.3 Å². The number of benzene rings is 1. The lowest BCUT2D eigenvalue weighted by atomic mass is 9.94. The number of hydrogen-bond acceptors (Lipinski definition) is 4. The molecule has 2 aromatic rings. The van der Waals surface area contributed by atoms with Crippen LogP contribution in [0.4, 0.5) is 5.69 Å². The molecular formula is C28H43N5. The molecule has 0 amide bonds. The topological polar surface area (TPSA) is 54.2 Å². The van der Waals surface area contributed by atoms with Crippen molar-refractivity contribution >= 4 is 11.3 Å². The summed E-state index contributed by atoms with van der Waals surface area (Å²) in [5.41, 5.74) is 6.94. The molecule has 0 unspecified atom stereocenters. The third-order valence-electron chi connectivity index (χ3n) is 6.51. The molecule has 0 bridgehead atoms. The molecule has 1 fully saturated rings. The first-order valence-corrected chi connectivity index (χ1v) is 12.5. The van der Waals surface area contributed by atoms with E-state index in [4.69, 9.17) is 4.98 Å². The Labute approximate surface area is 200 Å². The molecule has 5 heteroatoms. The molecule has 3 rings (SSSR count). The van der Waals surface area contributed by atoms with Gasteiger partial charge in [-0.2, -0.15) is 0 Å².